The molecule has 1 N–H and O–H groups in total. The van der Waals surface area contributed by atoms with Crippen LogP contribution in [-0.2, 0) is 0 Å². The molecule has 0 radical (unpaired) electrons. The average molecular weight is 417 g/mol. The molecule has 5 nitrogen and oxygen atoms in total. The lowest BCUT2D eigenvalue weighted by atomic mass is 10.2. The van der Waals surface area contributed by atoms with Gasteiger partial charge in [0.1, 0.15) is 17.1 Å². The number of hydrogen-bond donors (Lipinski definition) is 1. The Balaban J connectivity index is 1.97. The van der Waals surface area contributed by atoms with Crippen LogP contribution in [0.25, 0.3) is 10.2 Å². The van der Waals surface area contributed by atoms with Crippen LogP contribution in [0.15, 0.2) is 42.5 Å². The number of fused-ring (bicyclic) bond motifs is 1. The minimum absolute atomic E-state index is 0.173. The minimum atomic E-state index is -0.359. The van der Waals surface area contributed by atoms with Crippen LogP contribution in [0, 0.1) is 5.82 Å². The Morgan fingerprint density at radius 1 is 1.14 bits per heavy atom. The Hall–Kier alpha value is -2.51. The van der Waals surface area contributed by atoms with Crippen LogP contribution < -0.4 is 14.5 Å². The number of thiazole rings is 1. The second kappa shape index (κ2) is 9.80. The van der Waals surface area contributed by atoms with Crippen molar-refractivity contribution in [3.05, 3.63) is 53.8 Å². The normalized spacial score (nSPS) is 11.2. The van der Waals surface area contributed by atoms with E-state index >= 15 is 0 Å². The fraction of sp³-hybridized carbons (Fsp3) is 0.364. The molecule has 7 heteroatoms. The Morgan fingerprint density at radius 2 is 1.86 bits per heavy atom. The maximum Gasteiger partial charge on any atom is 0.260 e. The summed E-state index contributed by atoms with van der Waals surface area (Å²) < 4.78 is 20.0. The first-order valence-corrected chi connectivity index (χ1v) is 10.8. The van der Waals surface area contributed by atoms with Gasteiger partial charge in [-0.05, 0) is 57.2 Å². The highest BCUT2D eigenvalue weighted by Gasteiger charge is 2.23. The SMILES string of the molecule is CCOc1cccc2sc(N(CC[NH+](CC)CC)C(=O)c3ccc(F)cc3)nc12. The van der Waals surface area contributed by atoms with Gasteiger partial charge < -0.3 is 9.64 Å². The third-order valence-corrected chi connectivity index (χ3v) is 5.97. The van der Waals surface area contributed by atoms with Crippen molar-refractivity contribution < 1.29 is 18.8 Å². The van der Waals surface area contributed by atoms with E-state index in [9.17, 15) is 9.18 Å². The van der Waals surface area contributed by atoms with Gasteiger partial charge in [-0.25, -0.2) is 9.37 Å². The lowest BCUT2D eigenvalue weighted by Gasteiger charge is -2.23. The van der Waals surface area contributed by atoms with Gasteiger partial charge in [-0.1, -0.05) is 17.4 Å². The maximum atomic E-state index is 13.3. The molecule has 0 bridgehead atoms. The number of nitrogens with zero attached hydrogens (tertiary/aromatic N) is 2. The Morgan fingerprint density at radius 3 is 2.52 bits per heavy atom. The fourth-order valence-corrected chi connectivity index (χ4v) is 4.21. The smallest absolute Gasteiger partial charge is 0.260 e. The maximum absolute atomic E-state index is 13.3. The van der Waals surface area contributed by atoms with E-state index in [0.717, 1.165) is 35.6 Å². The molecule has 0 aliphatic heterocycles. The zero-order chi connectivity index (χ0) is 20.8. The molecule has 0 spiro atoms. The number of rotatable bonds is 9. The van der Waals surface area contributed by atoms with Crippen molar-refractivity contribution in [2.45, 2.75) is 20.8 Å². The van der Waals surface area contributed by atoms with Crippen LogP contribution in [-0.4, -0.2) is 43.7 Å². The van der Waals surface area contributed by atoms with Crippen LogP contribution in [0.3, 0.4) is 0 Å². The van der Waals surface area contributed by atoms with Gasteiger partial charge in [0.05, 0.1) is 37.5 Å². The largest absolute Gasteiger partial charge is 0.492 e. The van der Waals surface area contributed by atoms with Crippen molar-refractivity contribution in [2.24, 2.45) is 0 Å². The molecule has 1 aromatic heterocycles. The third-order valence-electron chi connectivity index (χ3n) is 4.93. The third kappa shape index (κ3) is 4.92. The molecule has 1 amide bonds. The molecule has 0 unspecified atom stereocenters. The molecule has 29 heavy (non-hydrogen) atoms. The summed E-state index contributed by atoms with van der Waals surface area (Å²) in [6.45, 7) is 10.1. The van der Waals surface area contributed by atoms with Gasteiger partial charge in [-0.15, -0.1) is 0 Å². The standard InChI is InChI=1S/C22H26FN3O2S/c1-4-25(5-2)14-15-26(21(27)16-10-12-17(23)13-11-16)22-24-20-18(28-6-3)8-7-9-19(20)29-22/h7-13H,4-6,14-15H2,1-3H3/p+1. The fourth-order valence-electron chi connectivity index (χ4n) is 3.20. The lowest BCUT2D eigenvalue weighted by molar-refractivity contribution is -0.894. The van der Waals surface area contributed by atoms with Gasteiger partial charge in [0.15, 0.2) is 5.13 Å². The van der Waals surface area contributed by atoms with E-state index in [1.165, 1.54) is 40.5 Å². The minimum Gasteiger partial charge on any atom is -0.492 e. The van der Waals surface area contributed by atoms with E-state index in [1.54, 1.807) is 4.90 Å². The summed E-state index contributed by atoms with van der Waals surface area (Å²) >= 11 is 1.47. The summed E-state index contributed by atoms with van der Waals surface area (Å²) in [5, 5.41) is 0.632. The van der Waals surface area contributed by atoms with Gasteiger partial charge in [0.2, 0.25) is 0 Å². The second-order valence-corrected chi connectivity index (χ2v) is 7.71. The lowest BCUT2D eigenvalue weighted by Crippen LogP contribution is -3.12. The average Bonchev–Trinajstić information content (AvgIpc) is 3.16. The van der Waals surface area contributed by atoms with Gasteiger partial charge in [-0.3, -0.25) is 9.69 Å². The summed E-state index contributed by atoms with van der Waals surface area (Å²) in [5.74, 6) is 0.187. The van der Waals surface area contributed by atoms with E-state index in [4.69, 9.17) is 9.72 Å². The van der Waals surface area contributed by atoms with Gasteiger partial charge in [0, 0.05) is 5.56 Å². The van der Waals surface area contributed by atoms with Gasteiger partial charge in [0.25, 0.3) is 5.91 Å². The number of aromatic nitrogens is 1. The molecule has 2 aromatic carbocycles. The number of anilines is 1. The first kappa shape index (κ1) is 21.2. The number of para-hydroxylation sites is 1. The number of ether oxygens (including phenoxy) is 1. The number of nitrogens with one attached hydrogen (secondary N) is 1. The number of hydrogen-bond acceptors (Lipinski definition) is 4. The van der Waals surface area contributed by atoms with E-state index in [2.05, 4.69) is 13.8 Å². The van der Waals surface area contributed by atoms with Crippen molar-refractivity contribution in [1.29, 1.82) is 0 Å². The second-order valence-electron chi connectivity index (χ2n) is 6.70. The summed E-state index contributed by atoms with van der Waals surface area (Å²) in [5.41, 5.74) is 1.21. The summed E-state index contributed by atoms with van der Waals surface area (Å²) in [6, 6.07) is 11.5. The molecule has 0 aliphatic carbocycles. The first-order valence-electron chi connectivity index (χ1n) is 10.0. The monoisotopic (exact) mass is 416 g/mol. The van der Waals surface area contributed by atoms with E-state index < -0.39 is 0 Å². The summed E-state index contributed by atoms with van der Waals surface area (Å²) in [6.07, 6.45) is 0. The number of amides is 1. The summed E-state index contributed by atoms with van der Waals surface area (Å²) in [7, 11) is 0. The van der Waals surface area contributed by atoms with E-state index in [1.807, 2.05) is 25.1 Å². The number of halogens is 1. The molecule has 3 aromatic rings. The number of likely N-dealkylation sites (N-methyl/N-ethyl adjacent to an activating group) is 1. The highest BCUT2D eigenvalue weighted by atomic mass is 32.1. The zero-order valence-electron chi connectivity index (χ0n) is 17.1. The predicted molar refractivity (Wildman–Crippen MR) is 116 cm³/mol. The van der Waals surface area contributed by atoms with Gasteiger partial charge >= 0.3 is 0 Å². The van der Waals surface area contributed by atoms with E-state index in [-0.39, 0.29) is 11.7 Å². The number of benzene rings is 2. The van der Waals surface area contributed by atoms with Crippen LogP contribution in [0.2, 0.25) is 0 Å². The van der Waals surface area contributed by atoms with Crippen molar-refractivity contribution in [3.63, 3.8) is 0 Å². The molecular formula is C22H27FN3O2S+. The Labute approximate surface area is 174 Å². The molecule has 0 saturated carbocycles. The van der Waals surface area contributed by atoms with Crippen molar-refractivity contribution in [3.8, 4) is 5.75 Å². The number of carbonyl (C=O) groups is 1. The van der Waals surface area contributed by atoms with Crippen molar-refractivity contribution >= 4 is 32.6 Å². The predicted octanol–water partition coefficient (Wildman–Crippen LogP) is 3.41. The number of quaternary nitrogens is 1. The van der Waals surface area contributed by atoms with Gasteiger partial charge in [-0.2, -0.15) is 0 Å². The van der Waals surface area contributed by atoms with Crippen LogP contribution >= 0.6 is 11.3 Å². The topological polar surface area (TPSA) is 46.9 Å². The molecular weight excluding hydrogens is 389 g/mol. The first-order chi connectivity index (χ1) is 14.1. The molecule has 1 heterocycles. The van der Waals surface area contributed by atoms with Crippen LogP contribution in [0.4, 0.5) is 9.52 Å². The van der Waals surface area contributed by atoms with Crippen molar-refractivity contribution in [1.82, 2.24) is 4.98 Å². The molecule has 0 atom stereocenters. The molecule has 0 fully saturated rings. The quantitative estimate of drug-likeness (QED) is 0.582. The van der Waals surface area contributed by atoms with Crippen LogP contribution in [0.5, 0.6) is 5.75 Å². The Bertz CT molecular complexity index is 954. The highest BCUT2D eigenvalue weighted by Crippen LogP contribution is 2.34. The molecule has 154 valence electrons. The molecule has 0 saturated heterocycles. The number of carbonyl (C=O) groups excluding carboxylic acids is 1. The van der Waals surface area contributed by atoms with E-state index in [0.29, 0.717) is 23.8 Å². The highest BCUT2D eigenvalue weighted by molar-refractivity contribution is 7.22. The zero-order valence-corrected chi connectivity index (χ0v) is 17.9. The summed E-state index contributed by atoms with van der Waals surface area (Å²) in [4.78, 5) is 21.1. The van der Waals surface area contributed by atoms with Crippen molar-refractivity contribution in [2.75, 3.05) is 37.7 Å². The molecule has 0 aliphatic rings. The molecule has 3 rings (SSSR count). The Kier molecular flexibility index (Phi) is 7.17. The van der Waals surface area contributed by atoms with Crippen LogP contribution in [0.1, 0.15) is 31.1 Å².